The molecule has 1 heterocycles. The maximum atomic E-state index is 12.4. The van der Waals surface area contributed by atoms with Crippen LogP contribution in [0.5, 0.6) is 5.75 Å². The van der Waals surface area contributed by atoms with Crippen LogP contribution in [-0.4, -0.2) is 28.6 Å². The molecule has 2 aromatic carbocycles. The van der Waals surface area contributed by atoms with Gasteiger partial charge in [-0.2, -0.15) is 0 Å². The molecule has 6 nitrogen and oxygen atoms in total. The van der Waals surface area contributed by atoms with Crippen LogP contribution in [0, 0.1) is 0 Å². The number of urea groups is 1. The highest BCUT2D eigenvalue weighted by Gasteiger charge is 2.43. The van der Waals surface area contributed by atoms with Gasteiger partial charge < -0.3 is 20.5 Å². The summed E-state index contributed by atoms with van der Waals surface area (Å²) in [6.07, 6.45) is -0.987. The summed E-state index contributed by atoms with van der Waals surface area (Å²) < 4.78 is 5.86. The van der Waals surface area contributed by atoms with Crippen molar-refractivity contribution < 1.29 is 19.4 Å². The zero-order valence-electron chi connectivity index (χ0n) is 14.9. The lowest BCUT2D eigenvalue weighted by molar-refractivity contribution is -0.0618. The van der Waals surface area contributed by atoms with Gasteiger partial charge in [0.25, 0.3) is 0 Å². The predicted octanol–water partition coefficient (Wildman–Crippen LogP) is 3.28. The minimum Gasteiger partial charge on any atom is -0.485 e. The number of aliphatic hydroxyl groups excluding tert-OH is 1. The molecule has 0 bridgehead atoms. The van der Waals surface area contributed by atoms with Gasteiger partial charge in [-0.15, -0.1) is 0 Å². The van der Waals surface area contributed by atoms with E-state index in [9.17, 15) is 14.7 Å². The summed E-state index contributed by atoms with van der Waals surface area (Å²) in [4.78, 5) is 24.1. The van der Waals surface area contributed by atoms with Crippen LogP contribution in [0.15, 0.2) is 48.5 Å². The Bertz CT molecular complexity index is 833. The van der Waals surface area contributed by atoms with Gasteiger partial charge in [0.15, 0.2) is 5.78 Å². The maximum Gasteiger partial charge on any atom is 0.319 e. The van der Waals surface area contributed by atoms with Crippen molar-refractivity contribution in [3.63, 3.8) is 0 Å². The minimum absolute atomic E-state index is 0.0976. The lowest BCUT2D eigenvalue weighted by atomic mass is 9.85. The van der Waals surface area contributed by atoms with Gasteiger partial charge in [-0.1, -0.05) is 18.2 Å². The molecule has 26 heavy (non-hydrogen) atoms. The molecule has 0 spiro atoms. The number of ketones is 1. The Morgan fingerprint density at radius 3 is 2.46 bits per heavy atom. The third kappa shape index (κ3) is 3.55. The normalized spacial score (nSPS) is 20.5. The summed E-state index contributed by atoms with van der Waals surface area (Å²) in [5.74, 6) is 0.440. The van der Waals surface area contributed by atoms with Crippen LogP contribution in [0.4, 0.5) is 10.5 Å². The van der Waals surface area contributed by atoms with Gasteiger partial charge in [-0.25, -0.2) is 4.79 Å². The first kappa shape index (κ1) is 17.9. The highest BCUT2D eigenvalue weighted by molar-refractivity contribution is 5.94. The van der Waals surface area contributed by atoms with E-state index in [4.69, 9.17) is 4.74 Å². The van der Waals surface area contributed by atoms with Gasteiger partial charge in [-0.05, 0) is 51.1 Å². The zero-order valence-corrected chi connectivity index (χ0v) is 14.9. The van der Waals surface area contributed by atoms with Crippen molar-refractivity contribution >= 4 is 17.5 Å². The first-order valence-corrected chi connectivity index (χ1v) is 8.42. The molecule has 3 N–H and O–H groups in total. The zero-order chi connectivity index (χ0) is 18.9. The Morgan fingerprint density at radius 2 is 1.81 bits per heavy atom. The Morgan fingerprint density at radius 1 is 1.12 bits per heavy atom. The summed E-state index contributed by atoms with van der Waals surface area (Å²) in [5, 5.41) is 16.3. The number of amides is 2. The van der Waals surface area contributed by atoms with Crippen molar-refractivity contribution in [1.82, 2.24) is 5.32 Å². The van der Waals surface area contributed by atoms with Crippen LogP contribution < -0.4 is 15.4 Å². The monoisotopic (exact) mass is 354 g/mol. The molecule has 0 unspecified atom stereocenters. The molecular weight excluding hydrogens is 332 g/mol. The lowest BCUT2D eigenvalue weighted by Gasteiger charge is -2.42. The summed E-state index contributed by atoms with van der Waals surface area (Å²) in [6.45, 7) is 4.98. The van der Waals surface area contributed by atoms with Crippen molar-refractivity contribution in [2.75, 3.05) is 5.32 Å². The second-order valence-electron chi connectivity index (χ2n) is 6.90. The fraction of sp³-hybridized carbons (Fsp3) is 0.300. The number of ether oxygens (including phenoxy) is 1. The van der Waals surface area contributed by atoms with Crippen LogP contribution in [0.2, 0.25) is 0 Å². The van der Waals surface area contributed by atoms with Crippen LogP contribution in [0.25, 0.3) is 0 Å². The maximum absolute atomic E-state index is 12.4. The first-order valence-electron chi connectivity index (χ1n) is 8.42. The van der Waals surface area contributed by atoms with Gasteiger partial charge in [0.2, 0.25) is 0 Å². The van der Waals surface area contributed by atoms with Crippen LogP contribution in [-0.2, 0) is 0 Å². The molecule has 0 aromatic heterocycles. The second kappa shape index (κ2) is 6.80. The predicted molar refractivity (Wildman–Crippen MR) is 98.5 cm³/mol. The Labute approximate surface area is 152 Å². The average molecular weight is 354 g/mol. The van der Waals surface area contributed by atoms with E-state index in [1.54, 1.807) is 44.2 Å². The molecule has 3 rings (SSSR count). The Balaban J connectivity index is 1.90. The standard InChI is InChI=1S/C20H22N2O4/c1-12(23)13-9-10-16-15(11-13)17(18(24)20(2,3)26-16)22-19(25)21-14-7-5-4-6-8-14/h4-11,17-18,24H,1-3H3,(H2,21,22,25)/t17-,18+/m0/s1. The van der Waals surface area contributed by atoms with Crippen molar-refractivity contribution in [3.8, 4) is 5.75 Å². The fourth-order valence-electron chi connectivity index (χ4n) is 3.01. The van der Waals surface area contributed by atoms with E-state index in [2.05, 4.69) is 10.6 Å². The van der Waals surface area contributed by atoms with Crippen molar-refractivity contribution in [2.45, 2.75) is 38.5 Å². The number of benzene rings is 2. The minimum atomic E-state index is -0.987. The highest BCUT2D eigenvalue weighted by Crippen LogP contribution is 2.40. The molecule has 0 saturated heterocycles. The number of hydrogen-bond donors (Lipinski definition) is 3. The molecule has 136 valence electrons. The van der Waals surface area contributed by atoms with E-state index in [-0.39, 0.29) is 5.78 Å². The molecule has 6 heteroatoms. The number of fused-ring (bicyclic) bond motifs is 1. The second-order valence-corrected chi connectivity index (χ2v) is 6.90. The van der Waals surface area contributed by atoms with Gasteiger partial charge >= 0.3 is 6.03 Å². The van der Waals surface area contributed by atoms with Crippen molar-refractivity contribution in [2.24, 2.45) is 0 Å². The fourth-order valence-corrected chi connectivity index (χ4v) is 3.01. The Hall–Kier alpha value is -2.86. The molecule has 0 radical (unpaired) electrons. The van der Waals surface area contributed by atoms with E-state index in [1.807, 2.05) is 18.2 Å². The molecule has 2 aromatic rings. The average Bonchev–Trinajstić information content (AvgIpc) is 2.59. The van der Waals surface area contributed by atoms with E-state index in [0.29, 0.717) is 22.6 Å². The van der Waals surface area contributed by atoms with E-state index in [1.165, 1.54) is 6.92 Å². The topological polar surface area (TPSA) is 87.7 Å². The van der Waals surface area contributed by atoms with Crippen molar-refractivity contribution in [1.29, 1.82) is 0 Å². The van der Waals surface area contributed by atoms with Gasteiger partial charge in [0.1, 0.15) is 17.5 Å². The van der Waals surface area contributed by atoms with E-state index < -0.39 is 23.8 Å². The first-order chi connectivity index (χ1) is 12.3. The molecular formula is C20H22N2O4. The van der Waals surface area contributed by atoms with E-state index in [0.717, 1.165) is 0 Å². The number of Topliss-reactive ketones (excluding diaryl/α,β-unsaturated/α-hetero) is 1. The van der Waals surface area contributed by atoms with Gasteiger partial charge in [0.05, 0.1) is 6.04 Å². The number of carbonyl (C=O) groups is 2. The largest absolute Gasteiger partial charge is 0.485 e. The molecule has 2 amide bonds. The van der Waals surface area contributed by atoms with Crippen LogP contribution >= 0.6 is 0 Å². The highest BCUT2D eigenvalue weighted by atomic mass is 16.5. The molecule has 0 aliphatic carbocycles. The molecule has 2 atom stereocenters. The summed E-state index contributed by atoms with van der Waals surface area (Å²) in [7, 11) is 0. The SMILES string of the molecule is CC(=O)c1ccc2c(c1)[C@H](NC(=O)Nc1ccccc1)[C@@H](O)C(C)(C)O2. The van der Waals surface area contributed by atoms with Gasteiger partial charge in [-0.3, -0.25) is 4.79 Å². The number of carbonyl (C=O) groups excluding carboxylic acids is 2. The van der Waals surface area contributed by atoms with Crippen molar-refractivity contribution in [3.05, 3.63) is 59.7 Å². The van der Waals surface area contributed by atoms with Crippen LogP contribution in [0.1, 0.15) is 42.7 Å². The van der Waals surface area contributed by atoms with Crippen LogP contribution in [0.3, 0.4) is 0 Å². The summed E-state index contributed by atoms with van der Waals surface area (Å²) >= 11 is 0. The number of hydrogen-bond acceptors (Lipinski definition) is 4. The summed E-state index contributed by atoms with van der Waals surface area (Å²) in [6, 6.07) is 12.9. The summed E-state index contributed by atoms with van der Waals surface area (Å²) in [5.41, 5.74) is 0.820. The smallest absolute Gasteiger partial charge is 0.319 e. The third-order valence-corrected chi connectivity index (χ3v) is 4.47. The Kier molecular flexibility index (Phi) is 4.70. The lowest BCUT2D eigenvalue weighted by Crippen LogP contribution is -2.54. The quantitative estimate of drug-likeness (QED) is 0.738. The number of aliphatic hydroxyl groups is 1. The number of para-hydroxylation sites is 1. The number of anilines is 1. The van der Waals surface area contributed by atoms with Gasteiger partial charge in [0, 0.05) is 16.8 Å². The molecule has 1 aliphatic rings. The van der Waals surface area contributed by atoms with E-state index >= 15 is 0 Å². The molecule has 0 fully saturated rings. The molecule has 1 aliphatic heterocycles. The third-order valence-electron chi connectivity index (χ3n) is 4.47. The molecule has 0 saturated carbocycles. The number of rotatable bonds is 3. The number of nitrogens with one attached hydrogen (secondary N) is 2.